The smallest absolute Gasteiger partial charge is 0.306 e. The van der Waals surface area contributed by atoms with E-state index in [9.17, 15) is 19.7 Å². The molecule has 1 rings (SSSR count). The second kappa shape index (κ2) is 8.68. The third kappa shape index (κ3) is 6.51. The number of hydrogen-bond acceptors (Lipinski definition) is 6. The van der Waals surface area contributed by atoms with Gasteiger partial charge in [-0.1, -0.05) is 6.92 Å². The highest BCUT2D eigenvalue weighted by Crippen LogP contribution is 2.12. The summed E-state index contributed by atoms with van der Waals surface area (Å²) < 4.78 is 9.80. The number of carbonyl (C=O) groups excluding carboxylic acids is 2. The van der Waals surface area contributed by atoms with Gasteiger partial charge in [-0.25, -0.2) is 0 Å². The molecule has 0 bridgehead atoms. The molecule has 0 spiro atoms. The van der Waals surface area contributed by atoms with Crippen LogP contribution in [0.1, 0.15) is 31.7 Å². The summed E-state index contributed by atoms with van der Waals surface area (Å²) in [5, 5.41) is 10.5. The van der Waals surface area contributed by atoms with Crippen molar-refractivity contribution < 1.29 is 24.0 Å². The van der Waals surface area contributed by atoms with Crippen LogP contribution in [0.4, 0.5) is 5.69 Å². The third-order valence-electron chi connectivity index (χ3n) is 2.55. The van der Waals surface area contributed by atoms with Crippen LogP contribution < -0.4 is 0 Å². The second-order valence-corrected chi connectivity index (χ2v) is 4.30. The zero-order valence-corrected chi connectivity index (χ0v) is 11.7. The van der Waals surface area contributed by atoms with Gasteiger partial charge in [-0.2, -0.15) is 0 Å². The predicted octanol–water partition coefficient (Wildman–Crippen LogP) is 2.37. The zero-order chi connectivity index (χ0) is 15.7. The number of ether oxygens (including phenoxy) is 2. The number of rotatable bonds is 8. The van der Waals surface area contributed by atoms with E-state index in [1.807, 2.05) is 6.92 Å². The Labute approximate surface area is 122 Å². The lowest BCUT2D eigenvalue weighted by Crippen LogP contribution is -2.10. The molecule has 114 valence electrons. The van der Waals surface area contributed by atoms with Crippen LogP contribution in [0.3, 0.4) is 0 Å². The van der Waals surface area contributed by atoms with Gasteiger partial charge in [0, 0.05) is 12.1 Å². The molecule has 1 aromatic carbocycles. The van der Waals surface area contributed by atoms with E-state index in [0.29, 0.717) is 12.2 Å². The van der Waals surface area contributed by atoms with E-state index in [1.54, 1.807) is 0 Å². The van der Waals surface area contributed by atoms with Crippen molar-refractivity contribution in [3.05, 3.63) is 39.9 Å². The molecule has 0 heterocycles. The number of esters is 2. The molecule has 0 aromatic heterocycles. The van der Waals surface area contributed by atoms with Crippen LogP contribution in [0.25, 0.3) is 0 Å². The van der Waals surface area contributed by atoms with Crippen molar-refractivity contribution in [3.63, 3.8) is 0 Å². The number of nitrogens with zero attached hydrogens (tertiary/aromatic N) is 1. The molecule has 0 unspecified atom stereocenters. The van der Waals surface area contributed by atoms with Crippen LogP contribution in [0, 0.1) is 10.1 Å². The fourth-order valence-electron chi connectivity index (χ4n) is 1.44. The minimum absolute atomic E-state index is 0.0147. The highest BCUT2D eigenvalue weighted by atomic mass is 16.6. The fraction of sp³-hybridized carbons (Fsp3) is 0.429. The summed E-state index contributed by atoms with van der Waals surface area (Å²) in [6.07, 6.45) is 0.672. The maximum absolute atomic E-state index is 11.4. The first kappa shape index (κ1) is 16.6. The third-order valence-corrected chi connectivity index (χ3v) is 2.55. The molecule has 0 aliphatic carbocycles. The highest BCUT2D eigenvalue weighted by Gasteiger charge is 2.10. The van der Waals surface area contributed by atoms with Crippen molar-refractivity contribution in [2.24, 2.45) is 0 Å². The molecule has 0 N–H and O–H groups in total. The largest absolute Gasteiger partial charge is 0.466 e. The lowest BCUT2D eigenvalue weighted by Gasteiger charge is -2.05. The molecule has 0 aliphatic rings. The van der Waals surface area contributed by atoms with Gasteiger partial charge >= 0.3 is 11.9 Å². The van der Waals surface area contributed by atoms with Gasteiger partial charge in [0.15, 0.2) is 0 Å². The first-order chi connectivity index (χ1) is 10.0. The van der Waals surface area contributed by atoms with Crippen LogP contribution in [0.15, 0.2) is 24.3 Å². The molecular formula is C14H17NO6. The SMILES string of the molecule is CCCOC(=O)CCC(=O)OCc1ccc([N+](=O)[O-])cc1. The fourth-order valence-corrected chi connectivity index (χ4v) is 1.44. The molecule has 0 atom stereocenters. The van der Waals surface area contributed by atoms with Crippen molar-refractivity contribution in [3.8, 4) is 0 Å². The van der Waals surface area contributed by atoms with Gasteiger partial charge in [-0.3, -0.25) is 19.7 Å². The molecule has 7 heteroatoms. The molecule has 0 saturated carbocycles. The average Bonchev–Trinajstić information content (AvgIpc) is 2.49. The van der Waals surface area contributed by atoms with E-state index in [-0.39, 0.29) is 25.1 Å². The van der Waals surface area contributed by atoms with Gasteiger partial charge in [-0.05, 0) is 24.1 Å². The van der Waals surface area contributed by atoms with E-state index in [2.05, 4.69) is 0 Å². The van der Waals surface area contributed by atoms with Crippen LogP contribution in [0.2, 0.25) is 0 Å². The Morgan fingerprint density at radius 1 is 1.10 bits per heavy atom. The van der Waals surface area contributed by atoms with E-state index in [1.165, 1.54) is 24.3 Å². The Kier molecular flexibility index (Phi) is 6.86. The molecule has 0 amide bonds. The van der Waals surface area contributed by atoms with Crippen molar-refractivity contribution in [1.29, 1.82) is 0 Å². The van der Waals surface area contributed by atoms with Crippen LogP contribution >= 0.6 is 0 Å². The van der Waals surface area contributed by atoms with E-state index >= 15 is 0 Å². The number of benzene rings is 1. The minimum atomic E-state index is -0.512. The summed E-state index contributed by atoms with van der Waals surface area (Å²) >= 11 is 0. The Bertz CT molecular complexity index is 497. The Hall–Kier alpha value is -2.44. The number of hydrogen-bond donors (Lipinski definition) is 0. The lowest BCUT2D eigenvalue weighted by atomic mass is 10.2. The van der Waals surface area contributed by atoms with Crippen molar-refractivity contribution in [2.45, 2.75) is 32.8 Å². The standard InChI is InChI=1S/C14H17NO6/c1-2-9-20-13(16)7-8-14(17)21-10-11-3-5-12(6-4-11)15(18)19/h3-6H,2,7-10H2,1H3. The minimum Gasteiger partial charge on any atom is -0.466 e. The molecule has 21 heavy (non-hydrogen) atoms. The topological polar surface area (TPSA) is 95.7 Å². The maximum Gasteiger partial charge on any atom is 0.306 e. The number of nitro groups is 1. The van der Waals surface area contributed by atoms with Gasteiger partial charge in [0.1, 0.15) is 6.61 Å². The lowest BCUT2D eigenvalue weighted by molar-refractivity contribution is -0.384. The van der Waals surface area contributed by atoms with Crippen molar-refractivity contribution in [2.75, 3.05) is 6.61 Å². The molecule has 1 aromatic rings. The first-order valence-electron chi connectivity index (χ1n) is 6.57. The Morgan fingerprint density at radius 2 is 1.67 bits per heavy atom. The Balaban J connectivity index is 2.29. The van der Waals surface area contributed by atoms with E-state index in [4.69, 9.17) is 9.47 Å². The van der Waals surface area contributed by atoms with Gasteiger partial charge in [0.25, 0.3) is 5.69 Å². The predicted molar refractivity (Wildman–Crippen MR) is 73.4 cm³/mol. The average molecular weight is 295 g/mol. The van der Waals surface area contributed by atoms with Gasteiger partial charge in [0.2, 0.25) is 0 Å². The summed E-state index contributed by atoms with van der Waals surface area (Å²) in [5.74, 6) is -0.939. The molecule has 0 radical (unpaired) electrons. The zero-order valence-electron chi connectivity index (χ0n) is 11.7. The quantitative estimate of drug-likeness (QED) is 0.415. The highest BCUT2D eigenvalue weighted by molar-refractivity contribution is 5.77. The number of carbonyl (C=O) groups is 2. The summed E-state index contributed by atoms with van der Waals surface area (Å²) in [4.78, 5) is 32.6. The molecule has 0 fully saturated rings. The van der Waals surface area contributed by atoms with E-state index < -0.39 is 16.9 Å². The van der Waals surface area contributed by atoms with Gasteiger partial charge < -0.3 is 9.47 Å². The summed E-state index contributed by atoms with van der Waals surface area (Å²) in [7, 11) is 0. The summed E-state index contributed by atoms with van der Waals surface area (Å²) in [6.45, 7) is 2.24. The summed E-state index contributed by atoms with van der Waals surface area (Å²) in [5.41, 5.74) is 0.617. The van der Waals surface area contributed by atoms with Gasteiger partial charge in [0.05, 0.1) is 24.4 Å². The molecular weight excluding hydrogens is 278 g/mol. The second-order valence-electron chi connectivity index (χ2n) is 4.30. The van der Waals surface area contributed by atoms with Crippen LogP contribution in [-0.4, -0.2) is 23.5 Å². The molecule has 0 aliphatic heterocycles. The number of nitro benzene ring substituents is 1. The monoisotopic (exact) mass is 295 g/mol. The van der Waals surface area contributed by atoms with Crippen LogP contribution in [-0.2, 0) is 25.7 Å². The van der Waals surface area contributed by atoms with Crippen LogP contribution in [0.5, 0.6) is 0 Å². The molecule has 0 saturated heterocycles. The molecule has 7 nitrogen and oxygen atoms in total. The normalized spacial score (nSPS) is 9.95. The maximum atomic E-state index is 11.4. The van der Waals surface area contributed by atoms with Crippen molar-refractivity contribution in [1.82, 2.24) is 0 Å². The number of non-ortho nitro benzene ring substituents is 1. The first-order valence-corrected chi connectivity index (χ1v) is 6.57. The van der Waals surface area contributed by atoms with Crippen molar-refractivity contribution >= 4 is 17.6 Å². The summed E-state index contributed by atoms with van der Waals surface area (Å²) in [6, 6.07) is 5.71. The van der Waals surface area contributed by atoms with Gasteiger partial charge in [-0.15, -0.1) is 0 Å². The Morgan fingerprint density at radius 3 is 2.19 bits per heavy atom. The van der Waals surface area contributed by atoms with E-state index in [0.717, 1.165) is 6.42 Å².